The van der Waals surface area contributed by atoms with Crippen LogP contribution in [0.15, 0.2) is 54.1 Å². The van der Waals surface area contributed by atoms with Gasteiger partial charge in [0.15, 0.2) is 16.6 Å². The number of nitrogens with zero attached hydrogens (tertiary/aromatic N) is 2. The number of ketones is 1. The summed E-state index contributed by atoms with van der Waals surface area (Å²) in [4.78, 5) is 33.1. The molecule has 2 aliphatic rings. The van der Waals surface area contributed by atoms with E-state index in [0.29, 0.717) is 46.0 Å². The number of rotatable bonds is 3. The Kier molecular flexibility index (Phi) is 6.06. The number of carbonyl (C=O) groups is 2. The minimum absolute atomic E-state index is 0.0859. The summed E-state index contributed by atoms with van der Waals surface area (Å²) in [5.74, 6) is -0.992. The lowest BCUT2D eigenvalue weighted by molar-refractivity contribution is -0.132. The van der Waals surface area contributed by atoms with Crippen LogP contribution in [-0.2, 0) is 9.59 Å². The fourth-order valence-corrected chi connectivity index (χ4v) is 6.31. The Bertz CT molecular complexity index is 1700. The molecule has 1 amide bonds. The number of Topliss-reactive ketones (excluding diaryl/α,β-unsaturated/α-hetero) is 1. The van der Waals surface area contributed by atoms with Crippen molar-refractivity contribution in [1.82, 2.24) is 4.98 Å². The molecule has 0 unspecified atom stereocenters. The standard InChI is InChI=1S/C28H20Cl2N2O5S/c1-13-9-14(2)23-21(10-13)38-28(31-23)32-24(15-3-5-17(29)18(30)11-15)22(26(34)27(32)35)25(33)16-4-6-19-20(12-16)37-8-7-36-19/h3-6,9-12,24,33H,7-8H2,1-2H3/b25-22+/t24-/m0/s1. The molecular formula is C28H20Cl2N2O5S. The molecule has 10 heteroatoms. The van der Waals surface area contributed by atoms with E-state index in [9.17, 15) is 14.7 Å². The monoisotopic (exact) mass is 566 g/mol. The van der Waals surface area contributed by atoms with E-state index >= 15 is 0 Å². The van der Waals surface area contributed by atoms with Crippen molar-refractivity contribution < 1.29 is 24.2 Å². The first kappa shape index (κ1) is 24.7. The summed E-state index contributed by atoms with van der Waals surface area (Å²) in [5, 5.41) is 12.4. The molecule has 7 nitrogen and oxygen atoms in total. The number of aromatic nitrogens is 1. The van der Waals surface area contributed by atoms with E-state index in [4.69, 9.17) is 37.7 Å². The van der Waals surface area contributed by atoms with Crippen molar-refractivity contribution in [3.63, 3.8) is 0 Å². The lowest BCUT2D eigenvalue weighted by Crippen LogP contribution is -2.29. The number of aliphatic hydroxyl groups is 1. The quantitative estimate of drug-likeness (QED) is 0.170. The first-order chi connectivity index (χ1) is 18.2. The minimum atomic E-state index is -0.986. The first-order valence-electron chi connectivity index (χ1n) is 11.8. The Hall–Kier alpha value is -3.59. The molecule has 4 aromatic rings. The van der Waals surface area contributed by atoms with Crippen molar-refractivity contribution in [3.8, 4) is 11.5 Å². The van der Waals surface area contributed by atoms with E-state index in [1.54, 1.807) is 36.4 Å². The summed E-state index contributed by atoms with van der Waals surface area (Å²) in [5.41, 5.74) is 3.50. The first-order valence-corrected chi connectivity index (χ1v) is 13.3. The molecule has 0 spiro atoms. The van der Waals surface area contributed by atoms with Gasteiger partial charge < -0.3 is 14.6 Å². The molecule has 1 saturated heterocycles. The van der Waals surface area contributed by atoms with Crippen LogP contribution < -0.4 is 14.4 Å². The van der Waals surface area contributed by atoms with Gasteiger partial charge in [-0.25, -0.2) is 4.98 Å². The van der Waals surface area contributed by atoms with Gasteiger partial charge in [0.05, 0.1) is 31.9 Å². The summed E-state index contributed by atoms with van der Waals surface area (Å²) in [6.45, 7) is 4.72. The number of aliphatic hydroxyl groups excluding tert-OH is 1. The highest BCUT2D eigenvalue weighted by molar-refractivity contribution is 7.22. The van der Waals surface area contributed by atoms with Crippen molar-refractivity contribution in [3.05, 3.63) is 86.4 Å². The molecule has 6 rings (SSSR count). The van der Waals surface area contributed by atoms with Gasteiger partial charge in [0.2, 0.25) is 0 Å². The molecule has 1 N–H and O–H groups in total. The molecule has 3 heterocycles. The van der Waals surface area contributed by atoms with Gasteiger partial charge in [0, 0.05) is 5.56 Å². The average Bonchev–Trinajstić information content (AvgIpc) is 3.43. The molecule has 0 saturated carbocycles. The average molecular weight is 567 g/mol. The number of benzene rings is 3. The van der Waals surface area contributed by atoms with E-state index in [0.717, 1.165) is 21.3 Å². The smallest absolute Gasteiger partial charge is 0.301 e. The van der Waals surface area contributed by atoms with Crippen LogP contribution in [0.3, 0.4) is 0 Å². The number of aryl methyl sites for hydroxylation is 2. The second-order valence-electron chi connectivity index (χ2n) is 9.13. The number of ether oxygens (including phenoxy) is 2. The Morgan fingerprint density at radius 2 is 1.76 bits per heavy atom. The number of amides is 1. The lowest BCUT2D eigenvalue weighted by atomic mass is 9.95. The van der Waals surface area contributed by atoms with Crippen LogP contribution in [0.5, 0.6) is 11.5 Å². The molecule has 192 valence electrons. The van der Waals surface area contributed by atoms with E-state index in [-0.39, 0.29) is 16.4 Å². The number of halogens is 2. The van der Waals surface area contributed by atoms with Crippen LogP contribution in [0, 0.1) is 13.8 Å². The fourth-order valence-electron chi connectivity index (χ4n) is 4.84. The number of hydrogen-bond donors (Lipinski definition) is 1. The van der Waals surface area contributed by atoms with Crippen LogP contribution in [0.2, 0.25) is 10.0 Å². The van der Waals surface area contributed by atoms with Crippen molar-refractivity contribution in [1.29, 1.82) is 0 Å². The van der Waals surface area contributed by atoms with Gasteiger partial charge in [-0.1, -0.05) is 46.7 Å². The second kappa shape index (κ2) is 9.31. The van der Waals surface area contributed by atoms with Crippen molar-refractivity contribution in [2.75, 3.05) is 18.1 Å². The predicted octanol–water partition coefficient (Wildman–Crippen LogP) is 6.62. The van der Waals surface area contributed by atoms with Gasteiger partial charge in [-0.05, 0) is 66.9 Å². The Labute approximate surface area is 231 Å². The van der Waals surface area contributed by atoms with Crippen LogP contribution >= 0.6 is 34.5 Å². The molecule has 38 heavy (non-hydrogen) atoms. The fraction of sp³-hybridized carbons (Fsp3) is 0.179. The zero-order chi connectivity index (χ0) is 26.7. The largest absolute Gasteiger partial charge is 0.507 e. The van der Waals surface area contributed by atoms with Gasteiger partial charge in [-0.3, -0.25) is 14.5 Å². The van der Waals surface area contributed by atoms with Crippen LogP contribution in [0.25, 0.3) is 16.0 Å². The van der Waals surface area contributed by atoms with Gasteiger partial charge in [-0.2, -0.15) is 0 Å². The number of anilines is 1. The molecule has 0 aliphatic carbocycles. The highest BCUT2D eigenvalue weighted by Gasteiger charge is 2.48. The summed E-state index contributed by atoms with van der Waals surface area (Å²) in [6, 6.07) is 12.7. The zero-order valence-corrected chi connectivity index (χ0v) is 22.6. The molecule has 2 aliphatic heterocycles. The van der Waals surface area contributed by atoms with Gasteiger partial charge in [0.25, 0.3) is 5.78 Å². The number of thiazole rings is 1. The van der Waals surface area contributed by atoms with Crippen molar-refractivity contribution >= 4 is 67.3 Å². The predicted molar refractivity (Wildman–Crippen MR) is 148 cm³/mol. The second-order valence-corrected chi connectivity index (χ2v) is 10.9. The molecular weight excluding hydrogens is 547 g/mol. The number of hydrogen-bond acceptors (Lipinski definition) is 7. The van der Waals surface area contributed by atoms with E-state index in [1.807, 2.05) is 26.0 Å². The maximum atomic E-state index is 13.5. The Balaban J connectivity index is 1.56. The molecule has 1 fully saturated rings. The molecule has 0 bridgehead atoms. The number of fused-ring (bicyclic) bond motifs is 2. The van der Waals surface area contributed by atoms with E-state index in [1.165, 1.54) is 16.2 Å². The van der Waals surface area contributed by atoms with Crippen LogP contribution in [0.1, 0.15) is 28.3 Å². The van der Waals surface area contributed by atoms with Gasteiger partial charge in [0.1, 0.15) is 19.0 Å². The lowest BCUT2D eigenvalue weighted by Gasteiger charge is -2.23. The summed E-state index contributed by atoms with van der Waals surface area (Å²) in [7, 11) is 0. The van der Waals surface area contributed by atoms with Crippen LogP contribution in [0.4, 0.5) is 5.13 Å². The van der Waals surface area contributed by atoms with Crippen molar-refractivity contribution in [2.45, 2.75) is 19.9 Å². The SMILES string of the molecule is Cc1cc(C)c2nc(N3C(=O)C(=O)/C(=C(/O)c4ccc5c(c4)OCCO5)[C@@H]3c3ccc(Cl)c(Cl)c3)sc2c1. The third-order valence-corrected chi connectivity index (χ3v) is 8.28. The van der Waals surface area contributed by atoms with E-state index in [2.05, 4.69) is 0 Å². The topological polar surface area (TPSA) is 89.0 Å². The summed E-state index contributed by atoms with van der Waals surface area (Å²) >= 11 is 13.8. The molecule has 1 atom stereocenters. The molecule has 3 aromatic carbocycles. The van der Waals surface area contributed by atoms with E-state index < -0.39 is 17.7 Å². The maximum absolute atomic E-state index is 13.5. The maximum Gasteiger partial charge on any atom is 0.301 e. The summed E-state index contributed by atoms with van der Waals surface area (Å²) < 4.78 is 12.1. The highest BCUT2D eigenvalue weighted by Crippen LogP contribution is 2.46. The van der Waals surface area contributed by atoms with Gasteiger partial charge in [-0.15, -0.1) is 0 Å². The third-order valence-electron chi connectivity index (χ3n) is 6.54. The third kappa shape index (κ3) is 4.00. The molecule has 0 radical (unpaired) electrons. The Morgan fingerprint density at radius 3 is 2.53 bits per heavy atom. The van der Waals surface area contributed by atoms with Crippen LogP contribution in [-0.4, -0.2) is 35.0 Å². The minimum Gasteiger partial charge on any atom is -0.507 e. The molecule has 1 aromatic heterocycles. The number of carbonyl (C=O) groups excluding carboxylic acids is 2. The normalized spacial score (nSPS) is 18.4. The van der Waals surface area contributed by atoms with Gasteiger partial charge >= 0.3 is 5.91 Å². The summed E-state index contributed by atoms with van der Waals surface area (Å²) in [6.07, 6.45) is 0. The van der Waals surface area contributed by atoms with Crippen molar-refractivity contribution in [2.24, 2.45) is 0 Å². The highest BCUT2D eigenvalue weighted by atomic mass is 35.5. The Morgan fingerprint density at radius 1 is 1.00 bits per heavy atom. The zero-order valence-electron chi connectivity index (χ0n) is 20.2.